The van der Waals surface area contributed by atoms with E-state index in [2.05, 4.69) is 5.32 Å². The molecule has 0 unspecified atom stereocenters. The van der Waals surface area contributed by atoms with Gasteiger partial charge >= 0.3 is 16.2 Å². The summed E-state index contributed by atoms with van der Waals surface area (Å²) in [5.74, 6) is -1.02. The van der Waals surface area contributed by atoms with E-state index >= 15 is 0 Å². The number of hydrogen-bond acceptors (Lipinski definition) is 5. The van der Waals surface area contributed by atoms with Crippen molar-refractivity contribution in [3.63, 3.8) is 0 Å². The fraction of sp³-hybridized carbons (Fsp3) is 0.136. The van der Waals surface area contributed by atoms with Gasteiger partial charge in [0.25, 0.3) is 0 Å². The number of ether oxygens (including phenoxy) is 2. The smallest absolute Gasteiger partial charge is 0.340 e. The van der Waals surface area contributed by atoms with Crippen LogP contribution in [-0.4, -0.2) is 27.2 Å². The number of carbonyl (C=O) groups excluding carboxylic acids is 1. The predicted molar refractivity (Wildman–Crippen MR) is 120 cm³/mol. The number of nitrogens with zero attached hydrogens (tertiary/aromatic N) is 1. The maximum Gasteiger partial charge on any atom is 0.340 e. The van der Waals surface area contributed by atoms with Gasteiger partial charge in [0.15, 0.2) is 0 Å². The highest BCUT2D eigenvalue weighted by Gasteiger charge is 2.65. The standard InChI is InChI=1S/C22H20F6N2O3S/c1-30(14-4-8-17(9-5-14)34(24,25,26,27)28)15-6-10-21(19(23)12-15)29-20-11-7-16(32-2)13-18(20)22(31)33-3/h4-13,29H,1-3H3. The highest BCUT2D eigenvalue weighted by molar-refractivity contribution is 8.45. The van der Waals surface area contributed by atoms with Gasteiger partial charge < -0.3 is 19.7 Å². The van der Waals surface area contributed by atoms with Gasteiger partial charge in [-0.2, -0.15) is 0 Å². The Balaban J connectivity index is 1.87. The zero-order chi connectivity index (χ0) is 25.4. The van der Waals surface area contributed by atoms with Gasteiger partial charge in [0, 0.05) is 18.4 Å². The lowest BCUT2D eigenvalue weighted by atomic mass is 10.1. The summed E-state index contributed by atoms with van der Waals surface area (Å²) in [5.41, 5.74) is 0.731. The number of esters is 1. The van der Waals surface area contributed by atoms with Gasteiger partial charge in [0.05, 0.1) is 31.2 Å². The van der Waals surface area contributed by atoms with Crippen LogP contribution in [0.1, 0.15) is 10.4 Å². The summed E-state index contributed by atoms with van der Waals surface area (Å²) >= 11 is 0. The van der Waals surface area contributed by atoms with E-state index < -0.39 is 26.9 Å². The first kappa shape index (κ1) is 25.1. The van der Waals surface area contributed by atoms with E-state index in [1.807, 2.05) is 0 Å². The molecule has 0 aliphatic carbocycles. The van der Waals surface area contributed by atoms with Crippen LogP contribution in [0.4, 0.5) is 46.6 Å². The number of rotatable bonds is 7. The molecule has 0 heterocycles. The minimum absolute atomic E-state index is 0.00345. The zero-order valence-electron chi connectivity index (χ0n) is 18.1. The van der Waals surface area contributed by atoms with Crippen molar-refractivity contribution >= 4 is 38.9 Å². The number of methoxy groups -OCH3 is 2. The first-order valence-electron chi connectivity index (χ1n) is 9.54. The molecule has 0 fully saturated rings. The molecule has 0 saturated carbocycles. The van der Waals surface area contributed by atoms with Gasteiger partial charge in [-0.05, 0) is 60.7 Å². The van der Waals surface area contributed by atoms with E-state index in [0.717, 1.165) is 18.2 Å². The molecule has 34 heavy (non-hydrogen) atoms. The van der Waals surface area contributed by atoms with Crippen molar-refractivity contribution in [2.75, 3.05) is 31.5 Å². The molecule has 0 saturated heterocycles. The Bertz CT molecular complexity index is 1240. The first-order valence-corrected chi connectivity index (χ1v) is 11.5. The van der Waals surface area contributed by atoms with Gasteiger partial charge in [-0.1, -0.05) is 19.4 Å². The molecule has 1 N–H and O–H groups in total. The lowest BCUT2D eigenvalue weighted by Gasteiger charge is -2.40. The molecular formula is C22H20F6N2O3S. The fourth-order valence-corrected chi connectivity index (χ4v) is 3.72. The van der Waals surface area contributed by atoms with E-state index in [1.165, 1.54) is 50.4 Å². The molecule has 5 nitrogen and oxygen atoms in total. The Morgan fingerprint density at radius 3 is 1.97 bits per heavy atom. The largest absolute Gasteiger partial charge is 0.497 e. The summed E-state index contributed by atoms with van der Waals surface area (Å²) in [6, 6.07) is 10.7. The first-order chi connectivity index (χ1) is 15.6. The predicted octanol–water partition coefficient (Wildman–Crippen LogP) is 7.79. The Morgan fingerprint density at radius 2 is 1.44 bits per heavy atom. The Labute approximate surface area is 191 Å². The van der Waals surface area contributed by atoms with Crippen LogP contribution in [0.15, 0.2) is 65.6 Å². The molecule has 0 radical (unpaired) electrons. The van der Waals surface area contributed by atoms with Gasteiger partial charge in [-0.3, -0.25) is 0 Å². The van der Waals surface area contributed by atoms with Crippen LogP contribution in [0.5, 0.6) is 5.75 Å². The second kappa shape index (κ2) is 8.05. The Morgan fingerprint density at radius 1 is 0.853 bits per heavy atom. The maximum atomic E-state index is 14.8. The fourth-order valence-electron chi connectivity index (χ4n) is 3.07. The highest BCUT2D eigenvalue weighted by Crippen LogP contribution is 3.02. The summed E-state index contributed by atoms with van der Waals surface area (Å²) in [6.45, 7) is 0. The van der Waals surface area contributed by atoms with Crippen molar-refractivity contribution in [1.29, 1.82) is 0 Å². The molecule has 0 amide bonds. The van der Waals surface area contributed by atoms with Crippen LogP contribution < -0.4 is 15.0 Å². The minimum atomic E-state index is -9.78. The zero-order valence-corrected chi connectivity index (χ0v) is 18.9. The SMILES string of the molecule is COC(=O)c1cc(OC)ccc1Nc1ccc(N(C)c2ccc(S(F)(F)(F)(F)F)cc2)cc1F. The Kier molecular flexibility index (Phi) is 5.94. The molecule has 0 aromatic heterocycles. The Hall–Kier alpha value is -3.54. The summed E-state index contributed by atoms with van der Waals surface area (Å²) in [4.78, 5) is 11.4. The quantitative estimate of drug-likeness (QED) is 0.262. The monoisotopic (exact) mass is 506 g/mol. The van der Waals surface area contributed by atoms with Crippen LogP contribution in [0.3, 0.4) is 0 Å². The van der Waals surface area contributed by atoms with E-state index in [9.17, 15) is 28.6 Å². The van der Waals surface area contributed by atoms with Crippen LogP contribution in [0, 0.1) is 5.82 Å². The average Bonchev–Trinajstić information content (AvgIpc) is 2.78. The minimum Gasteiger partial charge on any atom is -0.497 e. The molecule has 184 valence electrons. The number of anilines is 4. The van der Waals surface area contributed by atoms with E-state index in [0.29, 0.717) is 5.75 Å². The summed E-state index contributed by atoms with van der Waals surface area (Å²) < 4.78 is 89.2. The van der Waals surface area contributed by atoms with Crippen LogP contribution in [0.25, 0.3) is 0 Å². The van der Waals surface area contributed by atoms with Crippen molar-refractivity contribution in [1.82, 2.24) is 0 Å². The van der Waals surface area contributed by atoms with Crippen LogP contribution in [0.2, 0.25) is 0 Å². The summed E-state index contributed by atoms with van der Waals surface area (Å²) in [6.07, 6.45) is 0. The van der Waals surface area contributed by atoms with Crippen LogP contribution in [-0.2, 0) is 4.74 Å². The summed E-state index contributed by atoms with van der Waals surface area (Å²) in [7, 11) is -5.73. The van der Waals surface area contributed by atoms with Gasteiger partial charge in [0.1, 0.15) is 16.5 Å². The highest BCUT2D eigenvalue weighted by atomic mass is 32.5. The number of halogens is 6. The number of carbonyl (C=O) groups is 1. The van der Waals surface area contributed by atoms with Gasteiger partial charge in [-0.15, -0.1) is 0 Å². The molecule has 3 aromatic carbocycles. The second-order valence-electron chi connectivity index (χ2n) is 7.21. The third kappa shape index (κ3) is 5.50. The molecular weight excluding hydrogens is 486 g/mol. The van der Waals surface area contributed by atoms with Crippen molar-refractivity contribution < 1.29 is 38.1 Å². The molecule has 12 heteroatoms. The molecule has 3 aromatic rings. The van der Waals surface area contributed by atoms with Gasteiger partial charge in [0.2, 0.25) is 0 Å². The molecule has 0 spiro atoms. The van der Waals surface area contributed by atoms with E-state index in [4.69, 9.17) is 9.47 Å². The topological polar surface area (TPSA) is 50.8 Å². The van der Waals surface area contributed by atoms with Crippen molar-refractivity contribution in [2.24, 2.45) is 0 Å². The van der Waals surface area contributed by atoms with Crippen molar-refractivity contribution in [3.05, 3.63) is 72.0 Å². The lowest BCUT2D eigenvalue weighted by Crippen LogP contribution is -2.11. The number of nitrogens with one attached hydrogen (secondary N) is 1. The van der Waals surface area contributed by atoms with Crippen molar-refractivity contribution in [2.45, 2.75) is 4.90 Å². The molecule has 0 aliphatic heterocycles. The number of benzene rings is 3. The third-order valence-corrected chi connectivity index (χ3v) is 6.07. The van der Waals surface area contributed by atoms with Gasteiger partial charge in [-0.25, -0.2) is 9.18 Å². The van der Waals surface area contributed by atoms with E-state index in [-0.39, 0.29) is 40.4 Å². The molecule has 0 bridgehead atoms. The molecule has 3 rings (SSSR count). The van der Waals surface area contributed by atoms with Crippen molar-refractivity contribution in [3.8, 4) is 5.75 Å². The maximum absolute atomic E-state index is 14.8. The molecule has 0 aliphatic rings. The number of hydrogen-bond donors (Lipinski definition) is 1. The van der Waals surface area contributed by atoms with Crippen LogP contribution >= 0.6 is 10.2 Å². The second-order valence-corrected chi connectivity index (χ2v) is 9.62. The molecule has 0 atom stereocenters. The van der Waals surface area contributed by atoms with E-state index in [1.54, 1.807) is 6.07 Å². The normalized spacial score (nSPS) is 13.4. The third-order valence-electron chi connectivity index (χ3n) is 4.91. The lowest BCUT2D eigenvalue weighted by molar-refractivity contribution is 0.0601. The summed E-state index contributed by atoms with van der Waals surface area (Å²) in [5, 5.41) is 2.79. The average molecular weight is 506 g/mol.